The summed E-state index contributed by atoms with van der Waals surface area (Å²) >= 11 is 0. The first-order valence-electron chi connectivity index (χ1n) is 6.85. The van der Waals surface area contributed by atoms with Crippen LogP contribution in [0.5, 0.6) is 0 Å². The molecular formula is C13H26O6. The van der Waals surface area contributed by atoms with Gasteiger partial charge in [0.1, 0.15) is 12.7 Å². The second-order valence-electron chi connectivity index (χ2n) is 4.94. The summed E-state index contributed by atoms with van der Waals surface area (Å²) < 4.78 is 16.6. The van der Waals surface area contributed by atoms with Gasteiger partial charge in [-0.3, -0.25) is 0 Å². The topological polar surface area (TPSA) is 66.4 Å². The standard InChI is InChI=1S/C13H26O6/c1-10(6-14)16-8-12(3)17-7-11(2)15-5-4-13-9-18-19-13/h10-14H,4-9H2,1-3H3. The summed E-state index contributed by atoms with van der Waals surface area (Å²) in [5.74, 6) is 0. The Morgan fingerprint density at radius 1 is 1.05 bits per heavy atom. The first-order valence-corrected chi connectivity index (χ1v) is 6.85. The van der Waals surface area contributed by atoms with Gasteiger partial charge in [0, 0.05) is 13.0 Å². The summed E-state index contributed by atoms with van der Waals surface area (Å²) in [4.78, 5) is 9.44. The molecule has 0 spiro atoms. The molecule has 0 aromatic carbocycles. The van der Waals surface area contributed by atoms with Gasteiger partial charge in [0.05, 0.1) is 38.1 Å². The molecule has 0 radical (unpaired) electrons. The molecule has 1 rings (SSSR count). The molecule has 19 heavy (non-hydrogen) atoms. The molecule has 0 aromatic heterocycles. The highest BCUT2D eigenvalue weighted by atomic mass is 17.2. The highest BCUT2D eigenvalue weighted by Gasteiger charge is 2.20. The normalized spacial score (nSPS) is 23.7. The molecule has 114 valence electrons. The highest BCUT2D eigenvalue weighted by Crippen LogP contribution is 2.10. The zero-order chi connectivity index (χ0) is 14.1. The second-order valence-corrected chi connectivity index (χ2v) is 4.94. The zero-order valence-corrected chi connectivity index (χ0v) is 12.0. The van der Waals surface area contributed by atoms with Crippen LogP contribution in [0.25, 0.3) is 0 Å². The van der Waals surface area contributed by atoms with E-state index in [9.17, 15) is 0 Å². The van der Waals surface area contributed by atoms with Gasteiger partial charge >= 0.3 is 0 Å². The largest absolute Gasteiger partial charge is 0.394 e. The van der Waals surface area contributed by atoms with Gasteiger partial charge in [-0.2, -0.15) is 0 Å². The number of rotatable bonds is 11. The predicted molar refractivity (Wildman–Crippen MR) is 68.8 cm³/mol. The Morgan fingerprint density at radius 2 is 1.63 bits per heavy atom. The van der Waals surface area contributed by atoms with Crippen molar-refractivity contribution in [2.75, 3.05) is 33.0 Å². The third-order valence-corrected chi connectivity index (χ3v) is 2.79. The minimum atomic E-state index is -0.149. The molecule has 4 atom stereocenters. The first-order chi connectivity index (χ1) is 9.11. The number of hydrogen-bond donors (Lipinski definition) is 1. The van der Waals surface area contributed by atoms with Gasteiger partial charge in [-0.05, 0) is 20.8 Å². The van der Waals surface area contributed by atoms with Crippen molar-refractivity contribution in [1.29, 1.82) is 0 Å². The van der Waals surface area contributed by atoms with E-state index in [4.69, 9.17) is 24.2 Å². The van der Waals surface area contributed by atoms with Gasteiger partial charge in [-0.1, -0.05) is 0 Å². The van der Waals surface area contributed by atoms with Gasteiger partial charge in [0.15, 0.2) is 0 Å². The lowest BCUT2D eigenvalue weighted by Crippen LogP contribution is -2.33. The summed E-state index contributed by atoms with van der Waals surface area (Å²) in [5.41, 5.74) is 0. The zero-order valence-electron chi connectivity index (χ0n) is 12.0. The molecule has 0 aromatic rings. The minimum absolute atomic E-state index is 0.0107. The molecule has 0 saturated carbocycles. The van der Waals surface area contributed by atoms with Crippen molar-refractivity contribution in [3.8, 4) is 0 Å². The monoisotopic (exact) mass is 278 g/mol. The molecule has 4 unspecified atom stereocenters. The van der Waals surface area contributed by atoms with Crippen LogP contribution in [0.3, 0.4) is 0 Å². The Bertz CT molecular complexity index is 221. The van der Waals surface area contributed by atoms with E-state index in [1.807, 2.05) is 20.8 Å². The van der Waals surface area contributed by atoms with Crippen LogP contribution >= 0.6 is 0 Å². The third-order valence-electron chi connectivity index (χ3n) is 2.79. The van der Waals surface area contributed by atoms with E-state index >= 15 is 0 Å². The summed E-state index contributed by atoms with van der Waals surface area (Å²) in [6.45, 7) is 8.07. The molecule has 1 heterocycles. The van der Waals surface area contributed by atoms with E-state index in [2.05, 4.69) is 4.89 Å². The van der Waals surface area contributed by atoms with Crippen LogP contribution in [0.2, 0.25) is 0 Å². The van der Waals surface area contributed by atoms with Gasteiger partial charge < -0.3 is 19.3 Å². The highest BCUT2D eigenvalue weighted by molar-refractivity contribution is 4.59. The molecule has 1 aliphatic rings. The molecule has 0 amide bonds. The number of hydrogen-bond acceptors (Lipinski definition) is 6. The van der Waals surface area contributed by atoms with Crippen molar-refractivity contribution in [3.63, 3.8) is 0 Å². The van der Waals surface area contributed by atoms with Gasteiger partial charge in [-0.15, -0.1) is 0 Å². The van der Waals surface area contributed by atoms with Crippen LogP contribution in [-0.4, -0.2) is 62.6 Å². The van der Waals surface area contributed by atoms with E-state index in [1.165, 1.54) is 0 Å². The quantitative estimate of drug-likeness (QED) is 0.567. The van der Waals surface area contributed by atoms with E-state index in [0.717, 1.165) is 6.42 Å². The van der Waals surface area contributed by atoms with Crippen LogP contribution < -0.4 is 0 Å². The fourth-order valence-corrected chi connectivity index (χ4v) is 1.44. The molecule has 1 N–H and O–H groups in total. The van der Waals surface area contributed by atoms with Crippen molar-refractivity contribution in [2.24, 2.45) is 0 Å². The lowest BCUT2D eigenvalue weighted by Gasteiger charge is -2.25. The molecule has 1 saturated heterocycles. The van der Waals surface area contributed by atoms with Crippen molar-refractivity contribution in [3.05, 3.63) is 0 Å². The van der Waals surface area contributed by atoms with Crippen LogP contribution in [0, 0.1) is 0 Å². The Kier molecular flexibility index (Phi) is 8.52. The number of ether oxygens (including phenoxy) is 3. The minimum Gasteiger partial charge on any atom is -0.394 e. The first kappa shape index (κ1) is 16.8. The van der Waals surface area contributed by atoms with Gasteiger partial charge in [0.2, 0.25) is 0 Å². The maximum absolute atomic E-state index is 8.83. The summed E-state index contributed by atoms with van der Waals surface area (Å²) in [7, 11) is 0. The summed E-state index contributed by atoms with van der Waals surface area (Å²) in [5, 5.41) is 8.83. The summed E-state index contributed by atoms with van der Waals surface area (Å²) in [6.07, 6.45) is 0.906. The summed E-state index contributed by atoms with van der Waals surface area (Å²) in [6, 6.07) is 0. The fraction of sp³-hybridized carbons (Fsp3) is 1.00. The Morgan fingerprint density at radius 3 is 2.16 bits per heavy atom. The Hall–Kier alpha value is -0.240. The maximum Gasteiger partial charge on any atom is 0.122 e. The molecule has 6 heteroatoms. The fourth-order valence-electron chi connectivity index (χ4n) is 1.44. The van der Waals surface area contributed by atoms with Crippen LogP contribution in [0.1, 0.15) is 27.2 Å². The molecule has 1 aliphatic heterocycles. The van der Waals surface area contributed by atoms with Gasteiger partial charge in [0.25, 0.3) is 0 Å². The van der Waals surface area contributed by atoms with E-state index in [-0.39, 0.29) is 31.0 Å². The van der Waals surface area contributed by atoms with Crippen molar-refractivity contribution in [1.82, 2.24) is 0 Å². The van der Waals surface area contributed by atoms with Crippen LogP contribution in [-0.2, 0) is 24.0 Å². The Labute approximate surface area is 114 Å². The lowest BCUT2D eigenvalue weighted by atomic mass is 10.2. The molecule has 1 fully saturated rings. The molecule has 6 nitrogen and oxygen atoms in total. The molecule has 0 bridgehead atoms. The molecular weight excluding hydrogens is 252 g/mol. The predicted octanol–water partition coefficient (Wildman–Crippen LogP) is 0.914. The van der Waals surface area contributed by atoms with Crippen molar-refractivity contribution < 1.29 is 29.1 Å². The molecule has 0 aliphatic carbocycles. The van der Waals surface area contributed by atoms with Crippen LogP contribution in [0.4, 0.5) is 0 Å². The maximum atomic E-state index is 8.83. The van der Waals surface area contributed by atoms with E-state index < -0.39 is 0 Å². The van der Waals surface area contributed by atoms with E-state index in [1.54, 1.807) is 0 Å². The van der Waals surface area contributed by atoms with Gasteiger partial charge in [-0.25, -0.2) is 9.78 Å². The van der Waals surface area contributed by atoms with E-state index in [0.29, 0.717) is 26.4 Å². The average Bonchev–Trinajstić information content (AvgIpc) is 2.36. The van der Waals surface area contributed by atoms with Crippen LogP contribution in [0.15, 0.2) is 0 Å². The Balaban J connectivity index is 1.93. The lowest BCUT2D eigenvalue weighted by molar-refractivity contribution is -0.426. The number of aliphatic hydroxyl groups is 1. The SMILES string of the molecule is CC(CO)OCC(C)OCC(C)OCCC1COO1. The number of aliphatic hydroxyl groups excluding tert-OH is 1. The van der Waals surface area contributed by atoms with Crippen molar-refractivity contribution in [2.45, 2.75) is 51.6 Å². The van der Waals surface area contributed by atoms with Crippen molar-refractivity contribution >= 4 is 0 Å². The average molecular weight is 278 g/mol. The second kappa shape index (κ2) is 9.63. The third kappa shape index (κ3) is 7.81. The smallest absolute Gasteiger partial charge is 0.122 e.